The van der Waals surface area contributed by atoms with Crippen LogP contribution in [-0.2, 0) is 26.2 Å². The minimum atomic E-state index is -3.66. The van der Waals surface area contributed by atoms with E-state index in [0.29, 0.717) is 5.56 Å². The number of nitrogens with zero attached hydrogens (tertiary/aromatic N) is 4. The molecule has 4 rings (SSSR count). The fourth-order valence-corrected chi connectivity index (χ4v) is 4.67. The average molecular weight is 479 g/mol. The van der Waals surface area contributed by atoms with Gasteiger partial charge in [-0.3, -0.25) is 19.6 Å². The van der Waals surface area contributed by atoms with Crippen LogP contribution in [0.4, 0.5) is 0 Å². The number of aliphatic hydroxyl groups excluding tert-OH is 1. The Labute approximate surface area is 197 Å². The molecule has 1 amide bonds. The maximum atomic E-state index is 13.1. The van der Waals surface area contributed by atoms with E-state index in [4.69, 9.17) is 0 Å². The number of pyridine rings is 2. The third-order valence-electron chi connectivity index (χ3n) is 5.52. The molecule has 0 spiro atoms. The molecular weight excluding hydrogens is 456 g/mol. The van der Waals surface area contributed by atoms with Crippen molar-refractivity contribution in [3.05, 3.63) is 95.6 Å². The molecule has 0 radical (unpaired) electrons. The average Bonchev–Trinajstić information content (AvgIpc) is 3.09. The molecule has 1 aliphatic heterocycles. The highest BCUT2D eigenvalue weighted by molar-refractivity contribution is 7.89. The molecule has 1 aromatic carbocycles. The van der Waals surface area contributed by atoms with E-state index in [0.717, 1.165) is 9.87 Å². The topological polar surface area (TPSA) is 121 Å². The van der Waals surface area contributed by atoms with Gasteiger partial charge in [-0.1, -0.05) is 12.1 Å². The van der Waals surface area contributed by atoms with E-state index in [1.165, 1.54) is 49.5 Å². The number of carbonyl (C=O) groups excluding carboxylic acids is 2. The Morgan fingerprint density at radius 1 is 1.00 bits per heavy atom. The predicted molar refractivity (Wildman–Crippen MR) is 124 cm³/mol. The minimum absolute atomic E-state index is 0.0369. The van der Waals surface area contributed by atoms with Crippen LogP contribution in [0.2, 0.25) is 0 Å². The molecule has 9 nitrogen and oxygen atoms in total. The summed E-state index contributed by atoms with van der Waals surface area (Å²) in [6.07, 6.45) is 6.31. The zero-order valence-electron chi connectivity index (χ0n) is 18.5. The first kappa shape index (κ1) is 23.3. The van der Waals surface area contributed by atoms with Crippen LogP contribution in [0.5, 0.6) is 0 Å². The number of hydrogen-bond acceptors (Lipinski definition) is 7. The van der Waals surface area contributed by atoms with Crippen LogP contribution in [0.25, 0.3) is 5.76 Å². The summed E-state index contributed by atoms with van der Waals surface area (Å²) < 4.78 is 25.8. The van der Waals surface area contributed by atoms with Crippen molar-refractivity contribution < 1.29 is 23.1 Å². The number of benzene rings is 1. The first-order valence-electron chi connectivity index (χ1n) is 10.3. The quantitative estimate of drug-likeness (QED) is 0.328. The first-order valence-corrected chi connectivity index (χ1v) is 11.8. The van der Waals surface area contributed by atoms with Crippen molar-refractivity contribution in [1.29, 1.82) is 0 Å². The van der Waals surface area contributed by atoms with E-state index in [9.17, 15) is 23.1 Å². The van der Waals surface area contributed by atoms with Gasteiger partial charge in [0.15, 0.2) is 0 Å². The number of sulfonamides is 1. The first-order chi connectivity index (χ1) is 16.2. The number of ketones is 1. The maximum Gasteiger partial charge on any atom is 0.295 e. The van der Waals surface area contributed by atoms with Crippen LogP contribution >= 0.6 is 0 Å². The molecule has 1 saturated heterocycles. The van der Waals surface area contributed by atoms with Crippen LogP contribution in [0.1, 0.15) is 22.7 Å². The SMILES string of the molecule is CN(C)S(=O)(=O)c1ccc(C(O)=C2C(=O)C(=O)N(Cc3cccnc3)[C@H]2c2cccnc2)cc1. The number of amides is 1. The summed E-state index contributed by atoms with van der Waals surface area (Å²) in [7, 11) is -0.828. The number of aromatic nitrogens is 2. The summed E-state index contributed by atoms with van der Waals surface area (Å²) >= 11 is 0. The predicted octanol–water partition coefficient (Wildman–Crippen LogP) is 2.35. The van der Waals surface area contributed by atoms with Gasteiger partial charge >= 0.3 is 0 Å². The van der Waals surface area contributed by atoms with E-state index in [2.05, 4.69) is 9.97 Å². The lowest BCUT2D eigenvalue weighted by Crippen LogP contribution is -2.29. The molecule has 0 bridgehead atoms. The Balaban J connectivity index is 1.81. The molecule has 1 atom stereocenters. The fourth-order valence-electron chi connectivity index (χ4n) is 3.77. The Morgan fingerprint density at radius 2 is 1.65 bits per heavy atom. The van der Waals surface area contributed by atoms with Crippen molar-refractivity contribution in [2.24, 2.45) is 0 Å². The van der Waals surface area contributed by atoms with E-state index in [-0.39, 0.29) is 22.6 Å². The number of rotatable bonds is 6. The number of likely N-dealkylation sites (tertiary alicyclic amines) is 1. The van der Waals surface area contributed by atoms with Gasteiger partial charge in [0.2, 0.25) is 10.0 Å². The Morgan fingerprint density at radius 3 is 2.21 bits per heavy atom. The van der Waals surface area contributed by atoms with Gasteiger partial charge < -0.3 is 10.0 Å². The normalized spacial score (nSPS) is 18.0. The second-order valence-corrected chi connectivity index (χ2v) is 10.0. The molecule has 0 aliphatic carbocycles. The Kier molecular flexibility index (Phi) is 6.27. The van der Waals surface area contributed by atoms with E-state index in [1.54, 1.807) is 42.9 Å². The van der Waals surface area contributed by atoms with Gasteiger partial charge in [0, 0.05) is 51.0 Å². The highest BCUT2D eigenvalue weighted by Crippen LogP contribution is 2.40. The molecule has 0 saturated carbocycles. The van der Waals surface area contributed by atoms with Crippen molar-refractivity contribution in [2.75, 3.05) is 14.1 Å². The third kappa shape index (κ3) is 4.20. The molecule has 3 aromatic rings. The maximum absolute atomic E-state index is 13.1. The zero-order chi connectivity index (χ0) is 24.5. The molecule has 1 N–H and O–H groups in total. The highest BCUT2D eigenvalue weighted by Gasteiger charge is 2.46. The van der Waals surface area contributed by atoms with Gasteiger partial charge in [-0.2, -0.15) is 0 Å². The van der Waals surface area contributed by atoms with E-state index >= 15 is 0 Å². The summed E-state index contributed by atoms with van der Waals surface area (Å²) in [6, 6.07) is 11.5. The minimum Gasteiger partial charge on any atom is -0.507 e. The zero-order valence-corrected chi connectivity index (χ0v) is 19.3. The van der Waals surface area contributed by atoms with Crippen LogP contribution < -0.4 is 0 Å². The lowest BCUT2D eigenvalue weighted by atomic mass is 9.96. The molecule has 1 aliphatic rings. The summed E-state index contributed by atoms with van der Waals surface area (Å²) in [5.74, 6) is -1.99. The lowest BCUT2D eigenvalue weighted by Gasteiger charge is -2.25. The second kappa shape index (κ2) is 9.16. The van der Waals surface area contributed by atoms with Crippen molar-refractivity contribution >= 4 is 27.5 Å². The monoisotopic (exact) mass is 478 g/mol. The van der Waals surface area contributed by atoms with Crippen LogP contribution in [0.3, 0.4) is 0 Å². The molecule has 174 valence electrons. The molecular formula is C24H22N4O5S. The van der Waals surface area contributed by atoms with Gasteiger partial charge in [0.25, 0.3) is 11.7 Å². The van der Waals surface area contributed by atoms with Gasteiger partial charge in [-0.15, -0.1) is 0 Å². The van der Waals surface area contributed by atoms with E-state index < -0.39 is 33.5 Å². The third-order valence-corrected chi connectivity index (χ3v) is 7.35. The summed E-state index contributed by atoms with van der Waals surface area (Å²) in [5, 5.41) is 11.1. The lowest BCUT2D eigenvalue weighted by molar-refractivity contribution is -0.140. The van der Waals surface area contributed by atoms with Crippen molar-refractivity contribution in [3.8, 4) is 0 Å². The van der Waals surface area contributed by atoms with Crippen molar-refractivity contribution in [1.82, 2.24) is 19.2 Å². The number of hydrogen-bond donors (Lipinski definition) is 1. The largest absolute Gasteiger partial charge is 0.507 e. The molecule has 3 heterocycles. The summed E-state index contributed by atoms with van der Waals surface area (Å²) in [5.41, 5.74) is 1.39. The number of aliphatic hydroxyl groups is 1. The second-order valence-electron chi connectivity index (χ2n) is 7.89. The highest BCUT2D eigenvalue weighted by atomic mass is 32.2. The summed E-state index contributed by atoms with van der Waals surface area (Å²) in [4.78, 5) is 35.6. The number of Topliss-reactive ketones (excluding diaryl/α,β-unsaturated/α-hetero) is 1. The van der Waals surface area contributed by atoms with Gasteiger partial charge in [-0.25, -0.2) is 12.7 Å². The fraction of sp³-hybridized carbons (Fsp3) is 0.167. The Hall–Kier alpha value is -3.89. The van der Waals surface area contributed by atoms with Gasteiger partial charge in [0.1, 0.15) is 5.76 Å². The standard InChI is InChI=1S/C24H22N4O5S/c1-27(2)34(32,33)19-9-7-17(8-10-19)22(29)20-21(18-6-4-12-26-14-18)28(24(31)23(20)30)15-16-5-3-11-25-13-16/h3-14,21,29H,15H2,1-2H3/t21-/m0/s1. The van der Waals surface area contributed by atoms with E-state index in [1.807, 2.05) is 0 Å². The van der Waals surface area contributed by atoms with Gasteiger partial charge in [-0.05, 0) is 47.5 Å². The van der Waals surface area contributed by atoms with Gasteiger partial charge in [0.05, 0.1) is 16.5 Å². The summed E-state index contributed by atoms with van der Waals surface area (Å²) in [6.45, 7) is 0.106. The van der Waals surface area contributed by atoms with Crippen LogP contribution in [0, 0.1) is 0 Å². The van der Waals surface area contributed by atoms with Crippen molar-refractivity contribution in [2.45, 2.75) is 17.5 Å². The smallest absolute Gasteiger partial charge is 0.295 e. The number of carbonyl (C=O) groups is 2. The molecule has 2 aromatic heterocycles. The molecule has 10 heteroatoms. The molecule has 1 fully saturated rings. The molecule has 0 unspecified atom stereocenters. The molecule has 34 heavy (non-hydrogen) atoms. The van der Waals surface area contributed by atoms with Crippen molar-refractivity contribution in [3.63, 3.8) is 0 Å². The Bertz CT molecular complexity index is 1360. The van der Waals surface area contributed by atoms with Crippen LogP contribution in [-0.4, -0.2) is 58.5 Å². The van der Waals surface area contributed by atoms with Crippen LogP contribution in [0.15, 0.2) is 83.8 Å².